The summed E-state index contributed by atoms with van der Waals surface area (Å²) in [7, 11) is 0. The predicted octanol–water partition coefficient (Wildman–Crippen LogP) is 8.42. The van der Waals surface area contributed by atoms with Gasteiger partial charge in [-0.15, -0.1) is 5.10 Å². The minimum Gasteiger partial charge on any atom is -0.456 e. The van der Waals surface area contributed by atoms with Gasteiger partial charge < -0.3 is 4.42 Å². The van der Waals surface area contributed by atoms with E-state index in [0.29, 0.717) is 0 Å². The second-order valence-corrected chi connectivity index (χ2v) is 13.2. The van der Waals surface area contributed by atoms with Crippen LogP contribution in [0.5, 0.6) is 0 Å². The van der Waals surface area contributed by atoms with Gasteiger partial charge >= 0.3 is 0 Å². The number of allylic oxidation sites excluding steroid dienone is 1. The Bertz CT molecular complexity index is 2720. The molecule has 6 heterocycles. The van der Waals surface area contributed by atoms with Crippen LogP contribution in [-0.2, 0) is 11.1 Å². The number of hydrogen-bond donors (Lipinski definition) is 0. The van der Waals surface area contributed by atoms with Crippen molar-refractivity contribution in [2.75, 3.05) is 0 Å². The van der Waals surface area contributed by atoms with Crippen molar-refractivity contribution in [2.24, 2.45) is 0 Å². The van der Waals surface area contributed by atoms with Gasteiger partial charge in [0.1, 0.15) is 16.7 Å². The zero-order chi connectivity index (χ0) is 31.8. The van der Waals surface area contributed by atoms with Crippen molar-refractivity contribution in [1.82, 2.24) is 14.8 Å². The van der Waals surface area contributed by atoms with E-state index in [2.05, 4.69) is 143 Å². The summed E-state index contributed by atoms with van der Waals surface area (Å²) in [5, 5.41) is 8.88. The number of furan rings is 1. The zero-order valence-electron chi connectivity index (χ0n) is 26.7. The molecular formula is C42H31N5O+2. The third-order valence-corrected chi connectivity index (χ3v) is 11.3. The lowest BCUT2D eigenvalue weighted by atomic mass is 9.99. The van der Waals surface area contributed by atoms with E-state index in [-0.39, 0.29) is 5.54 Å². The number of para-hydroxylation sites is 2. The molecule has 6 heteroatoms. The van der Waals surface area contributed by atoms with Gasteiger partial charge in [-0.25, -0.2) is 9.67 Å². The first-order valence-corrected chi connectivity index (χ1v) is 16.9. The molecule has 1 aliphatic carbocycles. The first kappa shape index (κ1) is 26.2. The van der Waals surface area contributed by atoms with Crippen molar-refractivity contribution >= 4 is 38.5 Å². The summed E-state index contributed by atoms with van der Waals surface area (Å²) < 4.78 is 13.8. The van der Waals surface area contributed by atoms with E-state index >= 15 is 0 Å². The van der Waals surface area contributed by atoms with E-state index in [1.807, 2.05) is 12.1 Å². The minimum absolute atomic E-state index is 0.339. The van der Waals surface area contributed by atoms with Crippen LogP contribution in [0.2, 0.25) is 0 Å². The molecule has 4 aromatic heterocycles. The van der Waals surface area contributed by atoms with Crippen LogP contribution in [0.3, 0.4) is 0 Å². The molecule has 0 bridgehead atoms. The second-order valence-electron chi connectivity index (χ2n) is 13.2. The lowest BCUT2D eigenvalue weighted by Gasteiger charge is -2.25. The Kier molecular flexibility index (Phi) is 4.87. The summed E-state index contributed by atoms with van der Waals surface area (Å²) in [4.78, 5) is 5.25. The maximum atomic E-state index is 6.53. The minimum atomic E-state index is -0.420. The molecule has 2 atom stereocenters. The first-order chi connectivity index (χ1) is 23.7. The van der Waals surface area contributed by atoms with Gasteiger partial charge in [0.15, 0.2) is 17.6 Å². The molecule has 8 aromatic rings. The van der Waals surface area contributed by atoms with Crippen molar-refractivity contribution < 1.29 is 13.6 Å². The number of nitrogens with zero attached hydrogens (tertiary/aromatic N) is 5. The van der Waals surface area contributed by atoms with Crippen molar-refractivity contribution in [3.05, 3.63) is 139 Å². The lowest BCUT2D eigenvalue weighted by molar-refractivity contribution is -0.735. The molecule has 6 nitrogen and oxygen atoms in total. The quantitative estimate of drug-likeness (QED) is 0.186. The Morgan fingerprint density at radius 2 is 1.52 bits per heavy atom. The van der Waals surface area contributed by atoms with Crippen LogP contribution in [0.25, 0.3) is 72.7 Å². The van der Waals surface area contributed by atoms with Crippen molar-refractivity contribution in [3.63, 3.8) is 0 Å². The monoisotopic (exact) mass is 621 g/mol. The number of pyridine rings is 2. The van der Waals surface area contributed by atoms with Crippen molar-refractivity contribution in [1.29, 1.82) is 0 Å². The van der Waals surface area contributed by atoms with Crippen LogP contribution in [0.4, 0.5) is 0 Å². The van der Waals surface area contributed by atoms with Gasteiger partial charge in [-0.2, -0.15) is 9.13 Å². The molecule has 1 fully saturated rings. The molecule has 3 aliphatic rings. The summed E-state index contributed by atoms with van der Waals surface area (Å²) in [6, 6.07) is 43.1. The number of rotatable bonds is 3. The van der Waals surface area contributed by atoms with Crippen LogP contribution in [0.15, 0.2) is 138 Å². The third-order valence-electron chi connectivity index (χ3n) is 11.3. The summed E-state index contributed by atoms with van der Waals surface area (Å²) in [6.07, 6.45) is 4.03. The fraction of sp³-hybridized carbons (Fsp3) is 0.143. The number of hydrogen-bond acceptors (Lipinski definition) is 3. The molecule has 4 aromatic carbocycles. The van der Waals surface area contributed by atoms with Crippen LogP contribution < -0.4 is 9.13 Å². The summed E-state index contributed by atoms with van der Waals surface area (Å²) in [5.41, 5.74) is 10.6. The highest BCUT2D eigenvalue weighted by atomic mass is 16.3. The molecule has 2 aliphatic heterocycles. The SMILES string of the molecule is CCC12C(=C3c4cc5oc6ccccc6c5cc4-c4ccc5ccccc5[n+]43)C1(CC)[n+]1ccccc1-c1nc(-c3ccccc3)nn12. The van der Waals surface area contributed by atoms with Gasteiger partial charge in [-0.1, -0.05) is 74.5 Å². The van der Waals surface area contributed by atoms with E-state index in [9.17, 15) is 0 Å². The van der Waals surface area contributed by atoms with Crippen molar-refractivity contribution in [3.8, 4) is 34.2 Å². The number of aromatic nitrogens is 5. The molecule has 228 valence electrons. The standard InChI is InChI=1S/C42H31N5O/c1-3-41-38(42(41,4-2)47-40(34-19-12-13-23-45(34)41)43-39(44-47)27-15-6-5-7-16-27)37-31-25-36-30(28-17-9-11-20-35(28)48-36)24-29(31)33-22-21-26-14-8-10-18-32(26)46(33)37/h5-25H,3-4H2,1-2H3/q+2. The normalized spacial score (nSPS) is 21.6. The maximum absolute atomic E-state index is 6.53. The molecular weight excluding hydrogens is 590 g/mol. The van der Waals surface area contributed by atoms with E-state index in [4.69, 9.17) is 14.5 Å². The fourth-order valence-corrected chi connectivity index (χ4v) is 9.35. The van der Waals surface area contributed by atoms with Gasteiger partial charge in [0.2, 0.25) is 28.3 Å². The Balaban J connectivity index is 1.31. The van der Waals surface area contributed by atoms with E-state index in [1.54, 1.807) is 0 Å². The highest BCUT2D eigenvalue weighted by Crippen LogP contribution is 2.70. The smallest absolute Gasteiger partial charge is 0.251 e. The fourth-order valence-electron chi connectivity index (χ4n) is 9.35. The van der Waals surface area contributed by atoms with Crippen LogP contribution in [-0.4, -0.2) is 14.8 Å². The Hall–Kier alpha value is -5.88. The molecule has 0 spiro atoms. The third kappa shape index (κ3) is 2.92. The topological polar surface area (TPSA) is 51.6 Å². The molecule has 11 rings (SSSR count). The largest absolute Gasteiger partial charge is 0.456 e. The van der Waals surface area contributed by atoms with E-state index in [0.717, 1.165) is 57.7 Å². The average Bonchev–Trinajstić information content (AvgIpc) is 3.48. The van der Waals surface area contributed by atoms with Gasteiger partial charge in [-0.05, 0) is 42.8 Å². The predicted molar refractivity (Wildman–Crippen MR) is 187 cm³/mol. The van der Waals surface area contributed by atoms with Crippen LogP contribution in [0, 0.1) is 0 Å². The highest BCUT2D eigenvalue weighted by Gasteiger charge is 2.86. The molecule has 1 saturated carbocycles. The average molecular weight is 622 g/mol. The number of benzene rings is 4. The zero-order valence-corrected chi connectivity index (χ0v) is 26.7. The first-order valence-electron chi connectivity index (χ1n) is 16.9. The Morgan fingerprint density at radius 3 is 2.40 bits per heavy atom. The summed E-state index contributed by atoms with van der Waals surface area (Å²) in [5.74, 6) is 1.66. The van der Waals surface area contributed by atoms with Crippen LogP contribution in [0.1, 0.15) is 32.3 Å². The summed E-state index contributed by atoms with van der Waals surface area (Å²) >= 11 is 0. The molecule has 0 amide bonds. The van der Waals surface area contributed by atoms with Gasteiger partial charge in [-0.3, -0.25) is 0 Å². The number of fused-ring (bicyclic) bond motifs is 14. The van der Waals surface area contributed by atoms with E-state index < -0.39 is 5.54 Å². The Morgan fingerprint density at radius 1 is 0.708 bits per heavy atom. The van der Waals surface area contributed by atoms with Gasteiger partial charge in [0.25, 0.3) is 5.69 Å². The molecule has 48 heavy (non-hydrogen) atoms. The van der Waals surface area contributed by atoms with Gasteiger partial charge in [0, 0.05) is 52.4 Å². The highest BCUT2D eigenvalue weighted by molar-refractivity contribution is 6.08. The lowest BCUT2D eigenvalue weighted by Crippen LogP contribution is -2.56. The van der Waals surface area contributed by atoms with Crippen LogP contribution >= 0.6 is 0 Å². The molecule has 0 saturated heterocycles. The van der Waals surface area contributed by atoms with Gasteiger partial charge in [0.05, 0.1) is 11.1 Å². The molecule has 2 unspecified atom stereocenters. The van der Waals surface area contributed by atoms with E-state index in [1.165, 1.54) is 39.0 Å². The molecule has 0 N–H and O–H groups in total. The second kappa shape index (κ2) is 8.92. The molecule has 0 radical (unpaired) electrons. The summed E-state index contributed by atoms with van der Waals surface area (Å²) in [6.45, 7) is 4.64. The maximum Gasteiger partial charge on any atom is 0.251 e. The Labute approximate surface area is 276 Å². The van der Waals surface area contributed by atoms with Crippen molar-refractivity contribution in [2.45, 2.75) is 37.8 Å².